The molecule has 5 atom stereocenters. The largest absolute Gasteiger partial charge is 0.489 e. The molecule has 1 aliphatic heterocycles. The van der Waals surface area contributed by atoms with E-state index in [4.69, 9.17) is 4.74 Å². The number of para-hydroxylation sites is 1. The highest BCUT2D eigenvalue weighted by molar-refractivity contribution is 5.95. The first-order valence-electron chi connectivity index (χ1n) is 12.0. The van der Waals surface area contributed by atoms with E-state index in [2.05, 4.69) is 54.7 Å². The minimum Gasteiger partial charge on any atom is -0.489 e. The lowest BCUT2D eigenvalue weighted by Crippen LogP contribution is -2.36. The van der Waals surface area contributed by atoms with Crippen molar-refractivity contribution in [1.29, 1.82) is 0 Å². The van der Waals surface area contributed by atoms with E-state index >= 15 is 0 Å². The van der Waals surface area contributed by atoms with Crippen molar-refractivity contribution < 1.29 is 14.6 Å². The molecule has 0 amide bonds. The third-order valence-electron chi connectivity index (χ3n) is 8.12. The van der Waals surface area contributed by atoms with Crippen LogP contribution in [0.15, 0.2) is 66.7 Å². The maximum absolute atomic E-state index is 12.0. The number of carboxylic acids is 1. The molecule has 3 aromatic rings. The summed E-state index contributed by atoms with van der Waals surface area (Å²) in [6, 6.07) is 22.7. The molecule has 4 nitrogen and oxygen atoms in total. The normalized spacial score (nSPS) is 26.9. The van der Waals surface area contributed by atoms with Crippen LogP contribution in [-0.2, 0) is 6.61 Å². The first kappa shape index (κ1) is 20.3. The zero-order valence-corrected chi connectivity index (χ0v) is 18.8. The van der Waals surface area contributed by atoms with Gasteiger partial charge in [0.15, 0.2) is 0 Å². The molecule has 0 spiro atoms. The van der Waals surface area contributed by atoms with Gasteiger partial charge in [0.05, 0.1) is 17.3 Å². The van der Waals surface area contributed by atoms with Crippen LogP contribution in [0.25, 0.3) is 0 Å². The highest BCUT2D eigenvalue weighted by Crippen LogP contribution is 2.64. The van der Waals surface area contributed by atoms with Crippen molar-refractivity contribution in [3.63, 3.8) is 0 Å². The Labute approximate surface area is 194 Å². The smallest absolute Gasteiger partial charge is 0.337 e. The lowest BCUT2D eigenvalue weighted by molar-refractivity contribution is 0.0697. The fraction of sp³-hybridized carbons (Fsp3) is 0.345. The first-order valence-corrected chi connectivity index (χ1v) is 12.0. The quantitative estimate of drug-likeness (QED) is 0.472. The van der Waals surface area contributed by atoms with Crippen LogP contribution in [-0.4, -0.2) is 11.1 Å². The van der Waals surface area contributed by atoms with E-state index in [1.54, 1.807) is 6.07 Å². The molecule has 3 aromatic carbocycles. The zero-order valence-electron chi connectivity index (χ0n) is 18.8. The van der Waals surface area contributed by atoms with E-state index < -0.39 is 5.97 Å². The van der Waals surface area contributed by atoms with Crippen molar-refractivity contribution >= 4 is 11.7 Å². The number of carbonyl (C=O) groups is 1. The van der Waals surface area contributed by atoms with Gasteiger partial charge in [0, 0.05) is 0 Å². The van der Waals surface area contributed by atoms with Gasteiger partial charge in [0.2, 0.25) is 0 Å². The number of ether oxygens (including phenoxy) is 1. The van der Waals surface area contributed by atoms with Crippen LogP contribution in [0.3, 0.4) is 0 Å². The Balaban J connectivity index is 1.28. The minimum absolute atomic E-state index is 0.129. The number of aromatic carboxylic acids is 1. The Bertz CT molecular complexity index is 1180. The molecule has 33 heavy (non-hydrogen) atoms. The van der Waals surface area contributed by atoms with Gasteiger partial charge in [-0.1, -0.05) is 54.1 Å². The zero-order chi connectivity index (χ0) is 22.5. The monoisotopic (exact) mass is 439 g/mol. The summed E-state index contributed by atoms with van der Waals surface area (Å²) in [7, 11) is 0. The fourth-order valence-electron chi connectivity index (χ4n) is 6.64. The Morgan fingerprint density at radius 1 is 1.00 bits per heavy atom. The predicted molar refractivity (Wildman–Crippen MR) is 129 cm³/mol. The molecule has 1 heterocycles. The van der Waals surface area contributed by atoms with E-state index in [0.29, 0.717) is 35.8 Å². The molecule has 2 N–H and O–H groups in total. The molecule has 6 rings (SSSR count). The van der Waals surface area contributed by atoms with Crippen molar-refractivity contribution in [3.8, 4) is 5.75 Å². The van der Waals surface area contributed by atoms with E-state index in [1.165, 1.54) is 36.0 Å². The summed E-state index contributed by atoms with van der Waals surface area (Å²) in [5, 5.41) is 13.5. The van der Waals surface area contributed by atoms with Crippen LogP contribution in [0.1, 0.15) is 63.8 Å². The van der Waals surface area contributed by atoms with Gasteiger partial charge in [-0.05, 0) is 84.7 Å². The fourth-order valence-corrected chi connectivity index (χ4v) is 6.64. The van der Waals surface area contributed by atoms with E-state index in [9.17, 15) is 9.90 Å². The third kappa shape index (κ3) is 3.49. The molecule has 2 fully saturated rings. The Hall–Kier alpha value is -3.27. The number of nitrogens with one attached hydrogen (secondary N) is 1. The van der Waals surface area contributed by atoms with Gasteiger partial charge < -0.3 is 15.2 Å². The van der Waals surface area contributed by atoms with Gasteiger partial charge in [-0.25, -0.2) is 4.79 Å². The Kier molecular flexibility index (Phi) is 4.90. The number of rotatable bonds is 5. The number of hydrogen-bond donors (Lipinski definition) is 2. The summed E-state index contributed by atoms with van der Waals surface area (Å²) in [6.07, 6.45) is 3.82. The van der Waals surface area contributed by atoms with Crippen molar-refractivity contribution in [3.05, 3.63) is 94.5 Å². The Morgan fingerprint density at radius 2 is 1.76 bits per heavy atom. The van der Waals surface area contributed by atoms with Gasteiger partial charge in [0.25, 0.3) is 0 Å². The van der Waals surface area contributed by atoms with Crippen LogP contribution < -0.4 is 10.1 Å². The van der Waals surface area contributed by atoms with Gasteiger partial charge >= 0.3 is 5.97 Å². The van der Waals surface area contributed by atoms with Crippen molar-refractivity contribution in [1.82, 2.24) is 0 Å². The van der Waals surface area contributed by atoms with Gasteiger partial charge in [0.1, 0.15) is 12.4 Å². The summed E-state index contributed by atoms with van der Waals surface area (Å²) in [5.74, 6) is 2.33. The molecule has 2 saturated carbocycles. The van der Waals surface area contributed by atoms with Gasteiger partial charge in [-0.3, -0.25) is 0 Å². The van der Waals surface area contributed by atoms with Crippen molar-refractivity contribution in [2.45, 2.75) is 44.8 Å². The molecule has 0 saturated heterocycles. The number of benzene rings is 3. The third-order valence-corrected chi connectivity index (χ3v) is 8.12. The molecule has 0 aromatic heterocycles. The molecular formula is C29H29NO3. The van der Waals surface area contributed by atoms with Crippen molar-refractivity contribution in [2.75, 3.05) is 5.32 Å². The van der Waals surface area contributed by atoms with Crippen LogP contribution in [0, 0.1) is 24.7 Å². The van der Waals surface area contributed by atoms with Gasteiger partial charge in [-0.2, -0.15) is 0 Å². The minimum atomic E-state index is -0.862. The second kappa shape index (κ2) is 7.95. The maximum Gasteiger partial charge on any atom is 0.337 e. The van der Waals surface area contributed by atoms with E-state index in [1.807, 2.05) is 18.2 Å². The van der Waals surface area contributed by atoms with Crippen LogP contribution in [0.5, 0.6) is 5.75 Å². The van der Waals surface area contributed by atoms with Crippen LogP contribution in [0.4, 0.5) is 5.69 Å². The summed E-state index contributed by atoms with van der Waals surface area (Å²) in [6.45, 7) is 2.63. The highest BCUT2D eigenvalue weighted by atomic mass is 16.5. The Morgan fingerprint density at radius 3 is 2.52 bits per heavy atom. The van der Waals surface area contributed by atoms with E-state index in [0.717, 1.165) is 17.0 Å². The lowest BCUT2D eigenvalue weighted by atomic mass is 9.67. The average molecular weight is 440 g/mol. The summed E-state index contributed by atoms with van der Waals surface area (Å²) in [5.41, 5.74) is 6.03. The summed E-state index contributed by atoms with van der Waals surface area (Å²) >= 11 is 0. The first-order chi connectivity index (χ1) is 16.1. The molecule has 0 unspecified atom stereocenters. The standard InChI is InChI=1S/C29H29NO3/c1-17-5-7-18(8-6-17)16-33-22-13-11-19(12-14-22)27-26-21-10-9-20(15-21)25(26)23-3-2-4-24(29(31)32)28(23)30-27/h2-8,11-14,20-21,25-27,30H,9-10,15-16H2,1H3,(H,31,32)/t20-,21-,25+,26-,27-/m0/s1. The molecular weight excluding hydrogens is 410 g/mol. The number of anilines is 1. The van der Waals surface area contributed by atoms with Gasteiger partial charge in [-0.15, -0.1) is 0 Å². The molecule has 2 aliphatic carbocycles. The SMILES string of the molecule is Cc1ccc(COc2ccc([C@@H]3Nc4c(C(=O)O)cccc4[C@H]4[C@H]5CC[C@@H](C5)[C@@H]43)cc2)cc1. The van der Waals surface area contributed by atoms with E-state index in [-0.39, 0.29) is 6.04 Å². The van der Waals surface area contributed by atoms with Crippen molar-refractivity contribution in [2.24, 2.45) is 17.8 Å². The number of carboxylic acid groups (broad SMARTS) is 1. The average Bonchev–Trinajstić information content (AvgIpc) is 3.46. The molecule has 3 aliphatic rings. The lowest BCUT2D eigenvalue weighted by Gasteiger charge is -2.44. The topological polar surface area (TPSA) is 58.6 Å². The maximum atomic E-state index is 12.0. The number of fused-ring (bicyclic) bond motifs is 7. The second-order valence-electron chi connectivity index (χ2n) is 9.98. The number of hydrogen-bond acceptors (Lipinski definition) is 3. The van der Waals surface area contributed by atoms with Crippen LogP contribution in [0.2, 0.25) is 0 Å². The summed E-state index contributed by atoms with van der Waals surface area (Å²) in [4.78, 5) is 12.0. The second-order valence-corrected chi connectivity index (χ2v) is 9.98. The summed E-state index contributed by atoms with van der Waals surface area (Å²) < 4.78 is 6.02. The molecule has 4 heteroatoms. The predicted octanol–water partition coefficient (Wildman–Crippen LogP) is 6.57. The molecule has 168 valence electrons. The molecule has 0 radical (unpaired) electrons. The number of aryl methyl sites for hydroxylation is 1. The highest BCUT2D eigenvalue weighted by Gasteiger charge is 2.54. The van der Waals surface area contributed by atoms with Crippen LogP contribution >= 0.6 is 0 Å². The molecule has 2 bridgehead atoms.